The zero-order valence-corrected chi connectivity index (χ0v) is 14.7. The van der Waals surface area contributed by atoms with E-state index in [9.17, 15) is 14.4 Å². The van der Waals surface area contributed by atoms with E-state index in [4.69, 9.17) is 4.74 Å². The summed E-state index contributed by atoms with van der Waals surface area (Å²) in [5.74, 6) is -1.52. The molecule has 0 atom stereocenters. The highest BCUT2D eigenvalue weighted by Gasteiger charge is 2.35. The number of nitrogens with one attached hydrogen (secondary N) is 1. The van der Waals surface area contributed by atoms with Crippen molar-refractivity contribution in [2.75, 3.05) is 12.1 Å². The Hall–Kier alpha value is -3.41. The minimum Gasteiger partial charge on any atom is -0.465 e. The van der Waals surface area contributed by atoms with Gasteiger partial charge in [0.1, 0.15) is 5.57 Å². The van der Waals surface area contributed by atoms with Crippen LogP contribution >= 0.6 is 0 Å². The van der Waals surface area contributed by atoms with Crippen molar-refractivity contribution >= 4 is 29.5 Å². The van der Waals surface area contributed by atoms with Crippen LogP contribution in [0.15, 0.2) is 48.0 Å². The lowest BCUT2D eigenvalue weighted by molar-refractivity contribution is -0.117. The first-order valence-corrected chi connectivity index (χ1v) is 8.04. The van der Waals surface area contributed by atoms with Gasteiger partial charge in [-0.25, -0.2) is 9.80 Å². The van der Waals surface area contributed by atoms with E-state index < -0.39 is 17.8 Å². The average molecular weight is 350 g/mol. The van der Waals surface area contributed by atoms with Crippen LogP contribution in [-0.4, -0.2) is 24.9 Å². The van der Waals surface area contributed by atoms with Crippen molar-refractivity contribution in [3.63, 3.8) is 0 Å². The first kappa shape index (κ1) is 17.4. The van der Waals surface area contributed by atoms with Crippen LogP contribution in [0.1, 0.15) is 27.0 Å². The summed E-state index contributed by atoms with van der Waals surface area (Å²) in [7, 11) is 1.28. The fourth-order valence-electron chi connectivity index (χ4n) is 2.86. The molecule has 2 aromatic carbocycles. The number of aryl methyl sites for hydroxylation is 2. The number of nitrogens with zero attached hydrogens (tertiary/aromatic N) is 1. The van der Waals surface area contributed by atoms with Gasteiger partial charge in [-0.1, -0.05) is 35.9 Å². The second-order valence-electron chi connectivity index (χ2n) is 6.01. The van der Waals surface area contributed by atoms with E-state index in [1.54, 1.807) is 30.3 Å². The third-order valence-corrected chi connectivity index (χ3v) is 4.15. The number of esters is 1. The molecule has 2 aromatic rings. The van der Waals surface area contributed by atoms with Gasteiger partial charge in [0.05, 0.1) is 18.4 Å². The summed E-state index contributed by atoms with van der Waals surface area (Å²) in [5, 5.41) is 1.23. The van der Waals surface area contributed by atoms with Crippen molar-refractivity contribution in [3.8, 4) is 0 Å². The molecule has 6 heteroatoms. The van der Waals surface area contributed by atoms with E-state index in [-0.39, 0.29) is 11.1 Å². The number of ether oxygens (including phenoxy) is 1. The summed E-state index contributed by atoms with van der Waals surface area (Å²) in [4.78, 5) is 37.0. The fourth-order valence-corrected chi connectivity index (χ4v) is 2.86. The minimum absolute atomic E-state index is 0.0404. The van der Waals surface area contributed by atoms with Crippen molar-refractivity contribution in [1.29, 1.82) is 0 Å². The molecule has 1 fully saturated rings. The molecule has 0 saturated carbocycles. The van der Waals surface area contributed by atoms with Crippen LogP contribution in [0.2, 0.25) is 0 Å². The molecule has 1 heterocycles. The molecule has 0 aromatic heterocycles. The lowest BCUT2D eigenvalue weighted by Gasteiger charge is -2.17. The van der Waals surface area contributed by atoms with E-state index in [0.717, 1.165) is 11.1 Å². The van der Waals surface area contributed by atoms with Gasteiger partial charge in [0.15, 0.2) is 0 Å². The smallest absolute Gasteiger partial charge is 0.338 e. The summed E-state index contributed by atoms with van der Waals surface area (Å²) >= 11 is 0. The van der Waals surface area contributed by atoms with E-state index in [1.165, 1.54) is 18.2 Å². The van der Waals surface area contributed by atoms with Gasteiger partial charge in [-0.05, 0) is 43.2 Å². The number of amides is 2. The largest absolute Gasteiger partial charge is 0.465 e. The molecule has 0 bridgehead atoms. The van der Waals surface area contributed by atoms with Gasteiger partial charge < -0.3 is 4.74 Å². The molecule has 3 rings (SSSR count). The number of hydrogen-bond donors (Lipinski definition) is 1. The summed E-state index contributed by atoms with van der Waals surface area (Å²) in [6, 6.07) is 12.2. The van der Waals surface area contributed by atoms with Gasteiger partial charge in [0.25, 0.3) is 11.8 Å². The minimum atomic E-state index is -0.533. The van der Waals surface area contributed by atoms with Crippen molar-refractivity contribution in [2.24, 2.45) is 0 Å². The highest BCUT2D eigenvalue weighted by Crippen LogP contribution is 2.26. The normalized spacial score (nSPS) is 15.3. The number of methoxy groups -OCH3 is 1. The Balaban J connectivity index is 2.00. The highest BCUT2D eigenvalue weighted by molar-refractivity contribution is 6.32. The van der Waals surface area contributed by atoms with E-state index in [2.05, 4.69) is 5.43 Å². The van der Waals surface area contributed by atoms with Gasteiger partial charge in [0.2, 0.25) is 0 Å². The Kier molecular flexibility index (Phi) is 4.58. The van der Waals surface area contributed by atoms with Gasteiger partial charge >= 0.3 is 5.97 Å². The van der Waals surface area contributed by atoms with Gasteiger partial charge in [-0.15, -0.1) is 0 Å². The predicted octanol–water partition coefficient (Wildman–Crippen LogP) is 2.55. The number of anilines is 1. The molecule has 0 spiro atoms. The van der Waals surface area contributed by atoms with Crippen LogP contribution in [0.5, 0.6) is 0 Å². The molecule has 1 aliphatic rings. The molecule has 2 amide bonds. The van der Waals surface area contributed by atoms with E-state index >= 15 is 0 Å². The summed E-state index contributed by atoms with van der Waals surface area (Å²) in [5.41, 5.74) is 5.81. The molecule has 0 unspecified atom stereocenters. The van der Waals surface area contributed by atoms with Crippen LogP contribution < -0.4 is 10.4 Å². The summed E-state index contributed by atoms with van der Waals surface area (Å²) in [6.45, 7) is 3.83. The number of carbonyl (C=O) groups excluding carboxylic acids is 3. The van der Waals surface area contributed by atoms with Crippen molar-refractivity contribution in [2.45, 2.75) is 13.8 Å². The monoisotopic (exact) mass is 350 g/mol. The maximum atomic E-state index is 12.8. The van der Waals surface area contributed by atoms with E-state index in [0.29, 0.717) is 11.3 Å². The van der Waals surface area contributed by atoms with Crippen LogP contribution in [0.4, 0.5) is 5.69 Å². The topological polar surface area (TPSA) is 75.7 Å². The SMILES string of the molecule is COC(=O)c1ccccc1/C=C1\C(=O)NN(c2ccc(C)cc2C)C1=O. The third-order valence-electron chi connectivity index (χ3n) is 4.15. The molecule has 26 heavy (non-hydrogen) atoms. The molecule has 6 nitrogen and oxygen atoms in total. The number of carbonyl (C=O) groups is 3. The predicted molar refractivity (Wildman–Crippen MR) is 97.3 cm³/mol. The third kappa shape index (κ3) is 3.09. The lowest BCUT2D eigenvalue weighted by atomic mass is 10.0. The van der Waals surface area contributed by atoms with E-state index in [1.807, 2.05) is 26.0 Å². The van der Waals surface area contributed by atoms with Crippen molar-refractivity contribution in [1.82, 2.24) is 5.43 Å². The Bertz CT molecular complexity index is 947. The lowest BCUT2D eigenvalue weighted by Crippen LogP contribution is -2.36. The Morgan fingerprint density at radius 2 is 1.85 bits per heavy atom. The van der Waals surface area contributed by atoms with Crippen LogP contribution in [0.3, 0.4) is 0 Å². The molecule has 0 radical (unpaired) electrons. The second-order valence-corrected chi connectivity index (χ2v) is 6.01. The van der Waals surface area contributed by atoms with Gasteiger partial charge in [-0.3, -0.25) is 15.0 Å². The van der Waals surface area contributed by atoms with Crippen molar-refractivity contribution in [3.05, 3.63) is 70.3 Å². The summed E-state index contributed by atoms with van der Waals surface area (Å²) < 4.78 is 4.75. The molecule has 1 N–H and O–H groups in total. The number of rotatable bonds is 3. The highest BCUT2D eigenvalue weighted by atomic mass is 16.5. The van der Waals surface area contributed by atoms with Crippen LogP contribution in [0, 0.1) is 13.8 Å². The quantitative estimate of drug-likeness (QED) is 0.524. The standard InChI is InChI=1S/C20H18N2O4/c1-12-8-9-17(13(2)10-12)22-19(24)16(18(23)21-22)11-14-6-4-5-7-15(14)20(25)26-3/h4-11H,1-3H3,(H,21,23)/b16-11+. The second kappa shape index (κ2) is 6.84. The van der Waals surface area contributed by atoms with Gasteiger partial charge in [-0.2, -0.15) is 0 Å². The zero-order valence-electron chi connectivity index (χ0n) is 14.7. The zero-order chi connectivity index (χ0) is 18.8. The molecule has 1 saturated heterocycles. The average Bonchev–Trinajstić information content (AvgIpc) is 2.89. The molecular formula is C20H18N2O4. The van der Waals surface area contributed by atoms with Crippen LogP contribution in [-0.2, 0) is 14.3 Å². The maximum Gasteiger partial charge on any atom is 0.338 e. The maximum absolute atomic E-state index is 12.8. The first-order chi connectivity index (χ1) is 12.4. The molecule has 132 valence electrons. The Morgan fingerprint density at radius 3 is 2.54 bits per heavy atom. The molecular weight excluding hydrogens is 332 g/mol. The first-order valence-electron chi connectivity index (χ1n) is 8.04. The fraction of sp³-hybridized carbons (Fsp3) is 0.150. The summed E-state index contributed by atoms with van der Waals surface area (Å²) in [6.07, 6.45) is 1.41. The number of benzene rings is 2. The van der Waals surface area contributed by atoms with Crippen molar-refractivity contribution < 1.29 is 19.1 Å². The number of hydrazine groups is 1. The number of hydrogen-bond acceptors (Lipinski definition) is 4. The Labute approximate surface area is 151 Å². The molecule has 1 aliphatic heterocycles. The molecule has 0 aliphatic carbocycles. The Morgan fingerprint density at radius 1 is 1.12 bits per heavy atom. The van der Waals surface area contributed by atoms with Gasteiger partial charge in [0, 0.05) is 0 Å². The van der Waals surface area contributed by atoms with Crippen LogP contribution in [0.25, 0.3) is 6.08 Å².